The first-order valence-corrected chi connectivity index (χ1v) is 4.66. The molecule has 0 saturated heterocycles. The van der Waals surface area contributed by atoms with E-state index in [9.17, 15) is 10.1 Å². The number of nitrogens with two attached hydrogens (primary N) is 2. The van der Waals surface area contributed by atoms with Crippen LogP contribution in [0.3, 0.4) is 0 Å². The maximum absolute atomic E-state index is 10.1. The minimum absolute atomic E-state index is 0. The molecule has 0 spiro atoms. The van der Waals surface area contributed by atoms with E-state index in [4.69, 9.17) is 11.5 Å². The monoisotopic (exact) mass is 259 g/mol. The fourth-order valence-corrected chi connectivity index (χ4v) is 1.21. The quantitative estimate of drug-likeness (QED) is 0.312. The molecular formula is C9H14ClN5O2. The summed E-state index contributed by atoms with van der Waals surface area (Å²) < 4.78 is 0. The van der Waals surface area contributed by atoms with Gasteiger partial charge in [-0.1, -0.05) is 17.6 Å². The van der Waals surface area contributed by atoms with Crippen LogP contribution in [0.25, 0.3) is 0 Å². The second-order valence-electron chi connectivity index (χ2n) is 3.07. The van der Waals surface area contributed by atoms with Crippen LogP contribution in [0.5, 0.6) is 0 Å². The Morgan fingerprint density at radius 2 is 2.24 bits per heavy atom. The fourth-order valence-electron chi connectivity index (χ4n) is 1.21. The summed E-state index contributed by atoms with van der Waals surface area (Å²) in [6.07, 6.45) is 0.728. The second kappa shape index (κ2) is 7.42. The van der Waals surface area contributed by atoms with Crippen LogP contribution in [0.1, 0.15) is 5.56 Å². The van der Waals surface area contributed by atoms with Crippen molar-refractivity contribution in [3.63, 3.8) is 0 Å². The lowest BCUT2D eigenvalue weighted by Gasteiger charge is -2.00. The van der Waals surface area contributed by atoms with E-state index in [-0.39, 0.29) is 18.4 Å². The Morgan fingerprint density at radius 3 is 2.82 bits per heavy atom. The predicted octanol–water partition coefficient (Wildman–Crippen LogP) is 0.337. The highest BCUT2D eigenvalue weighted by molar-refractivity contribution is 5.85. The lowest BCUT2D eigenvalue weighted by Crippen LogP contribution is -2.35. The first-order valence-electron chi connectivity index (χ1n) is 4.66. The van der Waals surface area contributed by atoms with E-state index in [0.29, 0.717) is 12.2 Å². The van der Waals surface area contributed by atoms with Crippen molar-refractivity contribution in [2.45, 2.75) is 6.42 Å². The molecule has 0 aliphatic rings. The van der Waals surface area contributed by atoms with Crippen LogP contribution in [0.2, 0.25) is 0 Å². The topological polar surface area (TPSA) is 120 Å². The van der Waals surface area contributed by atoms with Gasteiger partial charge in [0.15, 0.2) is 5.03 Å². The molecule has 0 heterocycles. The summed E-state index contributed by atoms with van der Waals surface area (Å²) in [5.74, 6) is -0.255. The minimum Gasteiger partial charge on any atom is -0.365 e. The maximum Gasteiger partial charge on any atom is 0.256 e. The van der Waals surface area contributed by atoms with Gasteiger partial charge in [0.25, 0.3) is 5.96 Å². The van der Waals surface area contributed by atoms with Gasteiger partial charge in [0, 0.05) is 0 Å². The Hall–Kier alpha value is -1.86. The Balaban J connectivity index is 0.00000256. The molecule has 1 rings (SSSR count). The van der Waals surface area contributed by atoms with Crippen molar-refractivity contribution >= 4 is 24.1 Å². The van der Waals surface area contributed by atoms with Crippen molar-refractivity contribution in [3.05, 3.63) is 39.9 Å². The van der Waals surface area contributed by atoms with Gasteiger partial charge < -0.3 is 11.5 Å². The molecule has 0 aromatic heterocycles. The maximum atomic E-state index is 10.1. The highest BCUT2D eigenvalue weighted by Crippen LogP contribution is 2.13. The second-order valence-corrected chi connectivity index (χ2v) is 3.07. The highest BCUT2D eigenvalue weighted by atomic mass is 35.5. The van der Waals surface area contributed by atoms with E-state index in [2.05, 4.69) is 4.99 Å². The van der Waals surface area contributed by atoms with Crippen LogP contribution in [0.15, 0.2) is 29.3 Å². The number of nitrogens with zero attached hydrogens (tertiary/aromatic N) is 2. The van der Waals surface area contributed by atoms with Crippen molar-refractivity contribution in [1.29, 1.82) is 0 Å². The van der Waals surface area contributed by atoms with Crippen molar-refractivity contribution in [2.24, 2.45) is 16.5 Å². The third-order valence-electron chi connectivity index (χ3n) is 1.80. The Morgan fingerprint density at radius 1 is 1.53 bits per heavy atom. The molecular weight excluding hydrogens is 246 g/mol. The zero-order valence-corrected chi connectivity index (χ0v) is 9.81. The van der Waals surface area contributed by atoms with Crippen LogP contribution in [-0.4, -0.2) is 17.5 Å². The molecule has 0 atom stereocenters. The average molecular weight is 260 g/mol. The average Bonchev–Trinajstić information content (AvgIpc) is 2.17. The van der Waals surface area contributed by atoms with Gasteiger partial charge in [-0.05, 0) is 30.7 Å². The Bertz CT molecular complexity index is 410. The number of benzene rings is 1. The third-order valence-corrected chi connectivity index (χ3v) is 1.80. The number of guanidine groups is 1. The van der Waals surface area contributed by atoms with Gasteiger partial charge in [0.1, 0.15) is 0 Å². The van der Waals surface area contributed by atoms with Crippen molar-refractivity contribution < 1.29 is 5.03 Å². The van der Waals surface area contributed by atoms with Gasteiger partial charge in [-0.15, -0.1) is 12.4 Å². The van der Waals surface area contributed by atoms with Crippen LogP contribution < -0.4 is 16.9 Å². The number of rotatable bonds is 4. The van der Waals surface area contributed by atoms with Crippen molar-refractivity contribution in [3.8, 4) is 0 Å². The summed E-state index contributed by atoms with van der Waals surface area (Å²) >= 11 is 0. The first kappa shape index (κ1) is 15.1. The Kier molecular flexibility index (Phi) is 6.61. The largest absolute Gasteiger partial charge is 0.365 e. The lowest BCUT2D eigenvalue weighted by atomic mass is 10.1. The molecule has 7 nitrogen and oxygen atoms in total. The van der Waals surface area contributed by atoms with E-state index < -0.39 is 5.03 Å². The van der Waals surface area contributed by atoms with Gasteiger partial charge in [-0.25, -0.2) is 15.1 Å². The van der Waals surface area contributed by atoms with E-state index in [1.54, 1.807) is 23.6 Å². The zero-order chi connectivity index (χ0) is 12.0. The van der Waals surface area contributed by atoms with Gasteiger partial charge in [-0.2, -0.15) is 0 Å². The molecule has 0 fully saturated rings. The molecule has 0 unspecified atom stereocenters. The third kappa shape index (κ3) is 5.69. The molecule has 5 N–H and O–H groups in total. The number of aliphatic imine (C=N–C) groups is 1. The molecule has 0 aliphatic heterocycles. The molecule has 0 bridgehead atoms. The van der Waals surface area contributed by atoms with Gasteiger partial charge >= 0.3 is 0 Å². The number of hydrazine groups is 1. The molecule has 1 aromatic rings. The number of halogens is 1. The van der Waals surface area contributed by atoms with E-state index >= 15 is 0 Å². The number of nitrogens with one attached hydrogen (secondary N) is 1. The summed E-state index contributed by atoms with van der Waals surface area (Å²) in [4.78, 5) is 13.9. The van der Waals surface area contributed by atoms with E-state index in [1.165, 1.54) is 0 Å². The molecule has 94 valence electrons. The lowest BCUT2D eigenvalue weighted by molar-refractivity contribution is -0.525. The molecule has 0 amide bonds. The summed E-state index contributed by atoms with van der Waals surface area (Å²) in [6.45, 7) is 0.537. The minimum atomic E-state index is -0.761. The summed E-state index contributed by atoms with van der Waals surface area (Å²) in [5.41, 5.74) is 14.1. The van der Waals surface area contributed by atoms with E-state index in [1.807, 2.05) is 6.07 Å². The molecule has 1 aromatic carbocycles. The zero-order valence-electron chi connectivity index (χ0n) is 9.00. The summed E-state index contributed by atoms with van der Waals surface area (Å²) in [7, 11) is 0. The van der Waals surface area contributed by atoms with Gasteiger partial charge in [-0.3, -0.25) is 0 Å². The fraction of sp³-hybridized carbons (Fsp3) is 0.222. The molecule has 0 saturated carbocycles. The summed E-state index contributed by atoms with van der Waals surface area (Å²) in [5, 5.41) is 9.33. The van der Waals surface area contributed by atoms with Crippen molar-refractivity contribution in [2.75, 3.05) is 6.54 Å². The van der Waals surface area contributed by atoms with Crippen LogP contribution in [0.4, 0.5) is 5.69 Å². The smallest absolute Gasteiger partial charge is 0.256 e. The normalized spacial score (nSPS) is 10.5. The Labute approximate surface area is 104 Å². The predicted molar refractivity (Wildman–Crippen MR) is 67.9 cm³/mol. The van der Waals surface area contributed by atoms with Crippen molar-refractivity contribution in [1.82, 2.24) is 5.43 Å². The molecule has 0 aliphatic carbocycles. The van der Waals surface area contributed by atoms with Crippen LogP contribution in [0, 0.1) is 10.1 Å². The first-order chi connectivity index (χ1) is 7.61. The SMILES string of the molecule is Cl.NCCc1cccc(N=C(N)N[N+](=O)[O-])c1. The van der Waals surface area contributed by atoms with Crippen LogP contribution in [-0.2, 0) is 6.42 Å². The molecule has 17 heavy (non-hydrogen) atoms. The van der Waals surface area contributed by atoms with Gasteiger partial charge in [0.2, 0.25) is 0 Å². The number of hydrogen-bond acceptors (Lipinski definition) is 4. The molecule has 0 radical (unpaired) electrons. The molecule has 8 heteroatoms. The number of nitro groups is 1. The highest BCUT2D eigenvalue weighted by Gasteiger charge is 2.00. The van der Waals surface area contributed by atoms with Gasteiger partial charge in [0.05, 0.1) is 5.69 Å². The van der Waals surface area contributed by atoms with E-state index in [0.717, 1.165) is 12.0 Å². The van der Waals surface area contributed by atoms with Crippen LogP contribution >= 0.6 is 12.4 Å². The summed E-state index contributed by atoms with van der Waals surface area (Å²) in [6, 6.07) is 7.18. The number of hydrogen-bond donors (Lipinski definition) is 3. The standard InChI is InChI=1S/C9H13N5O2.ClH/c10-5-4-7-2-1-3-8(6-7)12-9(11)13-14(15)16;/h1-3,6H,4-5,10H2,(H3,11,12,13);1H.